The summed E-state index contributed by atoms with van der Waals surface area (Å²) in [5.74, 6) is -0.485. The van der Waals surface area contributed by atoms with Gasteiger partial charge in [0.25, 0.3) is 15.9 Å². The molecule has 1 amide bonds. The van der Waals surface area contributed by atoms with E-state index in [4.69, 9.17) is 21.1 Å². The number of carbonyl (C=O) groups is 2. The Hall–Kier alpha value is -3.56. The van der Waals surface area contributed by atoms with E-state index in [2.05, 4.69) is 0 Å². The Morgan fingerprint density at radius 2 is 1.78 bits per heavy atom. The zero-order valence-electron chi connectivity index (χ0n) is 19.4. The zero-order valence-corrected chi connectivity index (χ0v) is 21.0. The molecule has 0 N–H and O–H groups in total. The van der Waals surface area contributed by atoms with Crippen molar-refractivity contribution in [3.8, 4) is 5.75 Å². The molecule has 3 aromatic carbocycles. The highest BCUT2D eigenvalue weighted by Gasteiger charge is 2.36. The molecular weight excluding hydrogens is 504 g/mol. The lowest BCUT2D eigenvalue weighted by atomic mass is 10.00. The first kappa shape index (κ1) is 24.1. The van der Waals surface area contributed by atoms with Crippen LogP contribution in [0.1, 0.15) is 22.3 Å². The Morgan fingerprint density at radius 1 is 1.03 bits per heavy atom. The SMILES string of the molecule is COC(=O)C1CN(C(=O)c2ccc3c(c2)CCCN3S(=O)(=O)c2ccc(Cl)cc2)c2ccccc2O1. The zero-order chi connectivity index (χ0) is 25.4. The molecule has 186 valence electrons. The molecule has 0 spiro atoms. The average Bonchev–Trinajstić information content (AvgIpc) is 2.91. The smallest absolute Gasteiger partial charge is 0.348 e. The molecule has 8 nitrogen and oxygen atoms in total. The molecule has 3 aromatic rings. The number of hydrogen-bond acceptors (Lipinski definition) is 6. The number of nitrogens with zero attached hydrogens (tertiary/aromatic N) is 2. The molecule has 0 saturated carbocycles. The fraction of sp³-hybridized carbons (Fsp3) is 0.231. The maximum absolute atomic E-state index is 13.6. The molecule has 0 saturated heterocycles. The molecule has 0 fully saturated rings. The number of fused-ring (bicyclic) bond motifs is 2. The molecule has 0 aliphatic carbocycles. The summed E-state index contributed by atoms with van der Waals surface area (Å²) in [6.07, 6.45) is 0.294. The second kappa shape index (κ2) is 9.48. The van der Waals surface area contributed by atoms with Crippen LogP contribution in [0.5, 0.6) is 5.75 Å². The minimum Gasteiger partial charge on any atom is -0.475 e. The van der Waals surface area contributed by atoms with Crippen molar-refractivity contribution < 1.29 is 27.5 Å². The predicted octanol–water partition coefficient (Wildman–Crippen LogP) is 4.06. The minimum atomic E-state index is -3.79. The lowest BCUT2D eigenvalue weighted by Gasteiger charge is -2.34. The van der Waals surface area contributed by atoms with E-state index in [0.717, 1.165) is 5.56 Å². The molecule has 2 heterocycles. The minimum absolute atomic E-state index is 0.00330. The Balaban J connectivity index is 1.48. The molecule has 0 aromatic heterocycles. The van der Waals surface area contributed by atoms with E-state index in [9.17, 15) is 18.0 Å². The molecule has 5 rings (SSSR count). The Labute approximate surface area is 214 Å². The number of amides is 1. The second-order valence-electron chi connectivity index (χ2n) is 8.49. The number of aryl methyl sites for hydroxylation is 1. The van der Waals surface area contributed by atoms with Gasteiger partial charge in [0.2, 0.25) is 6.10 Å². The van der Waals surface area contributed by atoms with Crippen molar-refractivity contribution >= 4 is 44.9 Å². The third-order valence-corrected chi connectivity index (χ3v) is 8.37. The van der Waals surface area contributed by atoms with Crippen LogP contribution in [-0.2, 0) is 26.0 Å². The van der Waals surface area contributed by atoms with E-state index in [1.54, 1.807) is 54.6 Å². The normalized spacial score (nSPS) is 17.0. The van der Waals surface area contributed by atoms with Gasteiger partial charge in [-0.3, -0.25) is 9.10 Å². The van der Waals surface area contributed by atoms with Gasteiger partial charge in [-0.15, -0.1) is 0 Å². The number of benzene rings is 3. The maximum atomic E-state index is 13.6. The van der Waals surface area contributed by atoms with E-state index in [1.165, 1.54) is 28.4 Å². The summed E-state index contributed by atoms with van der Waals surface area (Å²) >= 11 is 5.93. The number of esters is 1. The number of halogens is 1. The first-order valence-corrected chi connectivity index (χ1v) is 13.2. The summed E-state index contributed by atoms with van der Waals surface area (Å²) < 4.78 is 38.6. The molecule has 1 unspecified atom stereocenters. The maximum Gasteiger partial charge on any atom is 0.348 e. The van der Waals surface area contributed by atoms with Crippen LogP contribution in [0.4, 0.5) is 11.4 Å². The molecule has 0 bridgehead atoms. The van der Waals surface area contributed by atoms with E-state index < -0.39 is 22.1 Å². The van der Waals surface area contributed by atoms with Crippen molar-refractivity contribution in [3.05, 3.63) is 82.9 Å². The Kier molecular flexibility index (Phi) is 6.36. The van der Waals surface area contributed by atoms with Crippen LogP contribution in [-0.4, -0.2) is 46.6 Å². The number of sulfonamides is 1. The standard InChI is InChI=1S/C26H23ClN2O6S/c1-34-26(31)24-16-28(22-6-2-3-7-23(22)35-24)25(30)18-8-13-21-17(15-18)5-4-14-29(21)36(32,33)20-11-9-19(27)10-12-20/h2-3,6-13,15,24H,4-5,14,16H2,1H3. The topological polar surface area (TPSA) is 93.2 Å². The van der Waals surface area contributed by atoms with Gasteiger partial charge in [-0.05, 0) is 73.0 Å². The summed E-state index contributed by atoms with van der Waals surface area (Å²) in [6, 6.07) is 18.0. The molecule has 2 aliphatic heterocycles. The van der Waals surface area contributed by atoms with Crippen LogP contribution in [0.25, 0.3) is 0 Å². The van der Waals surface area contributed by atoms with Gasteiger partial charge >= 0.3 is 5.97 Å². The van der Waals surface area contributed by atoms with Crippen LogP contribution in [0, 0.1) is 0 Å². The number of anilines is 2. The molecule has 2 aliphatic rings. The summed E-state index contributed by atoms with van der Waals surface area (Å²) in [7, 11) is -2.52. The van der Waals surface area contributed by atoms with Crippen molar-refractivity contribution in [1.29, 1.82) is 0 Å². The summed E-state index contributed by atoms with van der Waals surface area (Å²) in [4.78, 5) is 27.4. The van der Waals surface area contributed by atoms with Crippen LogP contribution in [0.3, 0.4) is 0 Å². The predicted molar refractivity (Wildman–Crippen MR) is 135 cm³/mol. The summed E-state index contributed by atoms with van der Waals surface area (Å²) in [6.45, 7) is 0.333. The van der Waals surface area contributed by atoms with Crippen molar-refractivity contribution in [2.75, 3.05) is 29.4 Å². The number of ether oxygens (including phenoxy) is 2. The van der Waals surface area contributed by atoms with Crippen molar-refractivity contribution in [2.24, 2.45) is 0 Å². The molecule has 1 atom stereocenters. The van der Waals surface area contributed by atoms with Gasteiger partial charge in [-0.1, -0.05) is 23.7 Å². The van der Waals surface area contributed by atoms with E-state index in [0.29, 0.717) is 47.1 Å². The fourth-order valence-electron chi connectivity index (χ4n) is 4.52. The third kappa shape index (κ3) is 4.29. The van der Waals surface area contributed by atoms with Crippen molar-refractivity contribution in [2.45, 2.75) is 23.8 Å². The highest BCUT2D eigenvalue weighted by molar-refractivity contribution is 7.92. The third-order valence-electron chi connectivity index (χ3n) is 6.29. The highest BCUT2D eigenvalue weighted by Crippen LogP contribution is 2.36. The van der Waals surface area contributed by atoms with E-state index >= 15 is 0 Å². The van der Waals surface area contributed by atoms with Crippen LogP contribution in [0.15, 0.2) is 71.6 Å². The van der Waals surface area contributed by atoms with Crippen LogP contribution in [0.2, 0.25) is 5.02 Å². The van der Waals surface area contributed by atoms with Gasteiger partial charge in [-0.2, -0.15) is 0 Å². The Bertz CT molecular complexity index is 1440. The van der Waals surface area contributed by atoms with Gasteiger partial charge in [-0.25, -0.2) is 13.2 Å². The number of carbonyl (C=O) groups excluding carboxylic acids is 2. The Morgan fingerprint density at radius 3 is 2.53 bits per heavy atom. The van der Waals surface area contributed by atoms with Crippen LogP contribution < -0.4 is 13.9 Å². The first-order valence-electron chi connectivity index (χ1n) is 11.4. The first-order chi connectivity index (χ1) is 17.3. The quantitative estimate of drug-likeness (QED) is 0.476. The van der Waals surface area contributed by atoms with Gasteiger partial charge in [0.15, 0.2) is 0 Å². The second-order valence-corrected chi connectivity index (χ2v) is 10.8. The average molecular weight is 527 g/mol. The van der Waals surface area contributed by atoms with E-state index in [1.807, 2.05) is 0 Å². The highest BCUT2D eigenvalue weighted by atomic mass is 35.5. The fourth-order valence-corrected chi connectivity index (χ4v) is 6.18. The monoisotopic (exact) mass is 526 g/mol. The lowest BCUT2D eigenvalue weighted by Crippen LogP contribution is -2.47. The van der Waals surface area contributed by atoms with Crippen LogP contribution >= 0.6 is 11.6 Å². The number of para-hydroxylation sites is 2. The van der Waals surface area contributed by atoms with Gasteiger partial charge < -0.3 is 14.4 Å². The van der Waals surface area contributed by atoms with E-state index in [-0.39, 0.29) is 17.3 Å². The molecule has 0 radical (unpaired) electrons. The van der Waals surface area contributed by atoms with Gasteiger partial charge in [0.05, 0.1) is 29.9 Å². The van der Waals surface area contributed by atoms with Gasteiger partial charge in [0, 0.05) is 17.1 Å². The number of hydrogen-bond donors (Lipinski definition) is 0. The van der Waals surface area contributed by atoms with Crippen molar-refractivity contribution in [1.82, 2.24) is 0 Å². The molecule has 10 heteroatoms. The summed E-state index contributed by atoms with van der Waals surface area (Å²) in [5, 5.41) is 0.454. The number of methoxy groups -OCH3 is 1. The number of rotatable bonds is 4. The molecule has 36 heavy (non-hydrogen) atoms. The largest absolute Gasteiger partial charge is 0.475 e. The van der Waals surface area contributed by atoms with Crippen molar-refractivity contribution in [3.63, 3.8) is 0 Å². The lowest BCUT2D eigenvalue weighted by molar-refractivity contribution is -0.148. The summed E-state index contributed by atoms with van der Waals surface area (Å²) in [5.41, 5.74) is 2.24. The van der Waals surface area contributed by atoms with Gasteiger partial charge in [0.1, 0.15) is 5.75 Å². The molecular formula is C26H23ClN2O6S.